The first kappa shape index (κ1) is 23.0. The molecule has 0 saturated heterocycles. The lowest BCUT2D eigenvalue weighted by Crippen LogP contribution is -2.35. The number of rotatable bonds is 7. The van der Waals surface area contributed by atoms with Gasteiger partial charge in [-0.25, -0.2) is 13.1 Å². The zero-order chi connectivity index (χ0) is 23.4. The number of carbonyl (C=O) groups excluding carboxylic acids is 1. The van der Waals surface area contributed by atoms with E-state index in [0.717, 1.165) is 30.8 Å². The van der Waals surface area contributed by atoms with Gasteiger partial charge in [0.05, 0.1) is 4.90 Å². The Morgan fingerprint density at radius 1 is 0.939 bits per heavy atom. The number of carbonyl (C=O) groups is 1. The van der Waals surface area contributed by atoms with Crippen LogP contribution >= 0.6 is 0 Å². The molecule has 0 aromatic heterocycles. The highest BCUT2D eigenvalue weighted by Crippen LogP contribution is 2.24. The van der Waals surface area contributed by atoms with E-state index in [0.29, 0.717) is 11.1 Å². The average Bonchev–Trinajstić information content (AvgIpc) is 2.83. The van der Waals surface area contributed by atoms with Crippen LogP contribution in [0.3, 0.4) is 0 Å². The lowest BCUT2D eigenvalue weighted by atomic mass is 9.99. The molecule has 1 aliphatic rings. The Morgan fingerprint density at radius 3 is 2.42 bits per heavy atom. The van der Waals surface area contributed by atoms with Crippen molar-refractivity contribution in [3.63, 3.8) is 0 Å². The molecule has 0 atom stereocenters. The first-order valence-corrected chi connectivity index (χ1v) is 12.6. The van der Waals surface area contributed by atoms with Crippen LogP contribution in [0, 0.1) is 13.8 Å². The van der Waals surface area contributed by atoms with Gasteiger partial charge in [0.1, 0.15) is 0 Å². The summed E-state index contributed by atoms with van der Waals surface area (Å²) in [5, 5.41) is 2.78. The summed E-state index contributed by atoms with van der Waals surface area (Å²) in [6.45, 7) is 5.75. The minimum absolute atomic E-state index is 0.118. The van der Waals surface area contributed by atoms with E-state index in [1.165, 1.54) is 11.1 Å². The Labute approximate surface area is 195 Å². The largest absolute Gasteiger partial charge is 0.367 e. The van der Waals surface area contributed by atoms with Gasteiger partial charge in [-0.15, -0.1) is 0 Å². The zero-order valence-corrected chi connectivity index (χ0v) is 19.8. The van der Waals surface area contributed by atoms with Gasteiger partial charge in [0.15, 0.2) is 0 Å². The second-order valence-corrected chi connectivity index (χ2v) is 10.1. The van der Waals surface area contributed by atoms with Crippen LogP contribution in [0.15, 0.2) is 71.6 Å². The average molecular weight is 464 g/mol. The van der Waals surface area contributed by atoms with Crippen LogP contribution in [0.4, 0.5) is 5.69 Å². The summed E-state index contributed by atoms with van der Waals surface area (Å²) in [6, 6.07) is 21.4. The van der Waals surface area contributed by atoms with Crippen LogP contribution in [0.1, 0.15) is 32.6 Å². The van der Waals surface area contributed by atoms with Gasteiger partial charge < -0.3 is 10.2 Å². The number of hydrogen-bond acceptors (Lipinski definition) is 4. The summed E-state index contributed by atoms with van der Waals surface area (Å²) in [6.07, 6.45) is 1.01. The molecule has 0 fully saturated rings. The molecule has 1 amide bonds. The lowest BCUT2D eigenvalue weighted by Gasteiger charge is -2.30. The van der Waals surface area contributed by atoms with E-state index in [1.807, 2.05) is 37.3 Å². The van der Waals surface area contributed by atoms with Crippen LogP contribution in [0.25, 0.3) is 0 Å². The van der Waals surface area contributed by atoms with Crippen molar-refractivity contribution in [1.29, 1.82) is 0 Å². The van der Waals surface area contributed by atoms with Crippen molar-refractivity contribution in [2.75, 3.05) is 24.5 Å². The Kier molecular flexibility index (Phi) is 6.81. The third kappa shape index (κ3) is 5.43. The van der Waals surface area contributed by atoms with Gasteiger partial charge in [0, 0.05) is 37.4 Å². The smallest absolute Gasteiger partial charge is 0.251 e. The zero-order valence-electron chi connectivity index (χ0n) is 19.0. The monoisotopic (exact) mass is 463 g/mol. The Hall–Kier alpha value is -3.16. The number of nitrogens with one attached hydrogen (secondary N) is 2. The molecular weight excluding hydrogens is 434 g/mol. The van der Waals surface area contributed by atoms with Gasteiger partial charge in [0.2, 0.25) is 10.0 Å². The summed E-state index contributed by atoms with van der Waals surface area (Å²) < 4.78 is 27.7. The third-order valence-electron chi connectivity index (χ3n) is 5.96. The molecule has 2 N–H and O–H groups in total. The van der Waals surface area contributed by atoms with Gasteiger partial charge in [-0.1, -0.05) is 36.4 Å². The molecule has 0 unspecified atom stereocenters. The van der Waals surface area contributed by atoms with E-state index in [4.69, 9.17) is 0 Å². The maximum absolute atomic E-state index is 12.6. The fraction of sp³-hybridized carbons (Fsp3) is 0.269. The van der Waals surface area contributed by atoms with Crippen LogP contribution in [0.5, 0.6) is 0 Å². The van der Waals surface area contributed by atoms with E-state index < -0.39 is 10.0 Å². The molecule has 4 rings (SSSR count). The minimum Gasteiger partial charge on any atom is -0.367 e. The number of aryl methyl sites for hydroxylation is 2. The summed E-state index contributed by atoms with van der Waals surface area (Å²) >= 11 is 0. The SMILES string of the molecule is Cc1ccc(C)c(S(=O)(=O)NCCNC(=O)c2ccc(N3CCc4ccccc4C3)cc2)c1. The normalized spacial score (nSPS) is 13.5. The van der Waals surface area contributed by atoms with Gasteiger partial charge in [-0.05, 0) is 72.9 Å². The van der Waals surface area contributed by atoms with Crippen molar-refractivity contribution >= 4 is 21.6 Å². The third-order valence-corrected chi connectivity index (χ3v) is 7.56. The standard InChI is InChI=1S/C26H29N3O3S/c1-19-7-8-20(2)25(17-19)33(31,32)28-15-14-27-26(30)22-9-11-24(12-10-22)29-16-13-21-5-3-4-6-23(21)18-29/h3-12,17,28H,13-16,18H2,1-2H3,(H,27,30). The maximum Gasteiger partial charge on any atom is 0.251 e. The number of benzene rings is 3. The molecule has 0 bridgehead atoms. The van der Waals surface area contributed by atoms with E-state index >= 15 is 0 Å². The highest BCUT2D eigenvalue weighted by molar-refractivity contribution is 7.89. The Balaban J connectivity index is 1.29. The van der Waals surface area contributed by atoms with Crippen molar-refractivity contribution in [1.82, 2.24) is 10.0 Å². The topological polar surface area (TPSA) is 78.5 Å². The molecule has 0 radical (unpaired) electrons. The van der Waals surface area contributed by atoms with Gasteiger partial charge in [-0.3, -0.25) is 4.79 Å². The fourth-order valence-electron chi connectivity index (χ4n) is 4.08. The highest BCUT2D eigenvalue weighted by atomic mass is 32.2. The lowest BCUT2D eigenvalue weighted by molar-refractivity contribution is 0.0954. The molecule has 0 saturated carbocycles. The number of nitrogens with zero attached hydrogens (tertiary/aromatic N) is 1. The van der Waals surface area contributed by atoms with Gasteiger partial charge in [0.25, 0.3) is 5.91 Å². The maximum atomic E-state index is 12.6. The van der Waals surface area contributed by atoms with Crippen molar-refractivity contribution in [2.45, 2.75) is 31.7 Å². The first-order valence-electron chi connectivity index (χ1n) is 11.1. The number of hydrogen-bond donors (Lipinski definition) is 2. The molecule has 33 heavy (non-hydrogen) atoms. The Bertz CT molecular complexity index is 1250. The molecule has 0 aliphatic carbocycles. The number of sulfonamides is 1. The summed E-state index contributed by atoms with van der Waals surface area (Å²) in [4.78, 5) is 15.1. The number of fused-ring (bicyclic) bond motifs is 1. The molecule has 1 aliphatic heterocycles. The second-order valence-electron chi connectivity index (χ2n) is 8.41. The van der Waals surface area contributed by atoms with E-state index in [9.17, 15) is 13.2 Å². The van der Waals surface area contributed by atoms with Crippen LogP contribution < -0.4 is 14.9 Å². The summed E-state index contributed by atoms with van der Waals surface area (Å²) in [5.74, 6) is -0.225. The molecule has 7 heteroatoms. The summed E-state index contributed by atoms with van der Waals surface area (Å²) in [7, 11) is -3.62. The van der Waals surface area contributed by atoms with Gasteiger partial charge in [-0.2, -0.15) is 0 Å². The fourth-order valence-corrected chi connectivity index (χ4v) is 5.44. The van der Waals surface area contributed by atoms with Crippen molar-refractivity contribution in [3.8, 4) is 0 Å². The van der Waals surface area contributed by atoms with E-state index in [1.54, 1.807) is 19.1 Å². The molecule has 3 aromatic rings. The Morgan fingerprint density at radius 2 is 1.67 bits per heavy atom. The predicted octanol–water partition coefficient (Wildman–Crippen LogP) is 3.57. The second kappa shape index (κ2) is 9.77. The van der Waals surface area contributed by atoms with Crippen molar-refractivity contribution < 1.29 is 13.2 Å². The number of anilines is 1. The minimum atomic E-state index is -3.62. The van der Waals surface area contributed by atoms with Crippen LogP contribution in [-0.2, 0) is 23.0 Å². The van der Waals surface area contributed by atoms with Crippen molar-refractivity contribution in [2.24, 2.45) is 0 Å². The molecule has 6 nitrogen and oxygen atoms in total. The van der Waals surface area contributed by atoms with Crippen LogP contribution in [-0.4, -0.2) is 34.0 Å². The molecular formula is C26H29N3O3S. The van der Waals surface area contributed by atoms with Crippen LogP contribution in [0.2, 0.25) is 0 Å². The molecule has 172 valence electrons. The van der Waals surface area contributed by atoms with E-state index in [-0.39, 0.29) is 23.9 Å². The quantitative estimate of drug-likeness (QED) is 0.525. The summed E-state index contributed by atoms with van der Waals surface area (Å²) in [5.41, 5.74) is 5.95. The highest BCUT2D eigenvalue weighted by Gasteiger charge is 2.18. The van der Waals surface area contributed by atoms with Gasteiger partial charge >= 0.3 is 0 Å². The number of amides is 1. The molecule has 1 heterocycles. The predicted molar refractivity (Wildman–Crippen MR) is 131 cm³/mol. The van der Waals surface area contributed by atoms with Crippen molar-refractivity contribution in [3.05, 3.63) is 94.5 Å². The molecule has 3 aromatic carbocycles. The molecule has 0 spiro atoms. The first-order chi connectivity index (χ1) is 15.8. The van der Waals surface area contributed by atoms with E-state index in [2.05, 4.69) is 39.2 Å².